The SMILES string of the molecule is CC(=O)NCCN1CCC12CCC2. The average Bonchev–Trinajstić information content (AvgIpc) is 1.92. The molecule has 0 unspecified atom stereocenters. The van der Waals surface area contributed by atoms with Gasteiger partial charge in [-0.05, 0) is 25.7 Å². The second-order valence-corrected chi connectivity index (χ2v) is 4.30. The molecule has 0 aromatic rings. The van der Waals surface area contributed by atoms with Crippen molar-refractivity contribution >= 4 is 5.91 Å². The molecule has 1 heterocycles. The summed E-state index contributed by atoms with van der Waals surface area (Å²) in [4.78, 5) is 13.2. The van der Waals surface area contributed by atoms with E-state index in [9.17, 15) is 4.79 Å². The number of rotatable bonds is 3. The molecule has 2 aliphatic rings. The van der Waals surface area contributed by atoms with Gasteiger partial charge in [-0.3, -0.25) is 9.69 Å². The Kier molecular flexibility index (Phi) is 2.28. The fourth-order valence-electron chi connectivity index (χ4n) is 2.45. The van der Waals surface area contributed by atoms with Crippen LogP contribution in [0.4, 0.5) is 0 Å². The van der Waals surface area contributed by atoms with Gasteiger partial charge in [-0.1, -0.05) is 0 Å². The van der Waals surface area contributed by atoms with Gasteiger partial charge in [0, 0.05) is 32.1 Å². The van der Waals surface area contributed by atoms with Crippen LogP contribution < -0.4 is 5.32 Å². The lowest BCUT2D eigenvalue weighted by Gasteiger charge is -2.59. The van der Waals surface area contributed by atoms with E-state index in [-0.39, 0.29) is 5.91 Å². The van der Waals surface area contributed by atoms with E-state index in [2.05, 4.69) is 10.2 Å². The lowest BCUT2D eigenvalue weighted by atomic mass is 9.68. The van der Waals surface area contributed by atoms with E-state index in [1.165, 1.54) is 32.2 Å². The summed E-state index contributed by atoms with van der Waals surface area (Å²) in [5, 5.41) is 2.85. The number of nitrogens with zero attached hydrogens (tertiary/aromatic N) is 1. The first kappa shape index (κ1) is 9.00. The van der Waals surface area contributed by atoms with Crippen LogP contribution in [0.15, 0.2) is 0 Å². The predicted molar refractivity (Wildman–Crippen MR) is 51.5 cm³/mol. The van der Waals surface area contributed by atoms with Crippen LogP contribution in [0.1, 0.15) is 32.6 Å². The molecule has 0 atom stereocenters. The van der Waals surface area contributed by atoms with Crippen molar-refractivity contribution in [1.29, 1.82) is 0 Å². The van der Waals surface area contributed by atoms with Gasteiger partial charge in [0.05, 0.1) is 0 Å². The highest BCUT2D eigenvalue weighted by atomic mass is 16.1. The summed E-state index contributed by atoms with van der Waals surface area (Å²) in [6.07, 6.45) is 5.55. The Balaban J connectivity index is 1.68. The van der Waals surface area contributed by atoms with Crippen molar-refractivity contribution in [3.8, 4) is 0 Å². The Bertz CT molecular complexity index is 205. The molecule has 2 rings (SSSR count). The van der Waals surface area contributed by atoms with Gasteiger partial charge < -0.3 is 5.32 Å². The quantitative estimate of drug-likeness (QED) is 0.698. The van der Waals surface area contributed by atoms with Crippen LogP contribution in [0, 0.1) is 0 Å². The summed E-state index contributed by atoms with van der Waals surface area (Å²) >= 11 is 0. The molecule has 1 aliphatic carbocycles. The second-order valence-electron chi connectivity index (χ2n) is 4.30. The third-order valence-electron chi connectivity index (χ3n) is 3.56. The van der Waals surface area contributed by atoms with Crippen LogP contribution in [0.2, 0.25) is 0 Å². The summed E-state index contributed by atoms with van der Waals surface area (Å²) in [5.74, 6) is 0.0863. The Labute approximate surface area is 79.5 Å². The molecule has 1 spiro atoms. The van der Waals surface area contributed by atoms with Gasteiger partial charge in [0.15, 0.2) is 0 Å². The maximum Gasteiger partial charge on any atom is 0.216 e. The third kappa shape index (κ3) is 1.57. The molecule has 0 aromatic heterocycles. The predicted octanol–water partition coefficient (Wildman–Crippen LogP) is 0.751. The number of amides is 1. The first-order valence-corrected chi connectivity index (χ1v) is 5.22. The second kappa shape index (κ2) is 3.29. The van der Waals surface area contributed by atoms with E-state index < -0.39 is 0 Å². The van der Waals surface area contributed by atoms with Crippen LogP contribution in [0.3, 0.4) is 0 Å². The molecule has 13 heavy (non-hydrogen) atoms. The van der Waals surface area contributed by atoms with Gasteiger partial charge in [0.25, 0.3) is 0 Å². The highest BCUT2D eigenvalue weighted by Gasteiger charge is 2.48. The summed E-state index contributed by atoms with van der Waals surface area (Å²) in [6.45, 7) is 4.67. The normalized spacial score (nSPS) is 25.0. The minimum atomic E-state index is 0.0863. The van der Waals surface area contributed by atoms with Gasteiger partial charge in [-0.15, -0.1) is 0 Å². The molecule has 3 heteroatoms. The van der Waals surface area contributed by atoms with Crippen LogP contribution in [0.25, 0.3) is 0 Å². The van der Waals surface area contributed by atoms with Crippen molar-refractivity contribution in [1.82, 2.24) is 10.2 Å². The van der Waals surface area contributed by atoms with Crippen LogP contribution in [0.5, 0.6) is 0 Å². The topological polar surface area (TPSA) is 32.3 Å². The highest BCUT2D eigenvalue weighted by molar-refractivity contribution is 5.72. The van der Waals surface area contributed by atoms with Gasteiger partial charge in [0.2, 0.25) is 5.91 Å². The molecule has 1 N–H and O–H groups in total. The van der Waals surface area contributed by atoms with E-state index in [1.807, 2.05) is 0 Å². The monoisotopic (exact) mass is 182 g/mol. The van der Waals surface area contributed by atoms with Crippen LogP contribution in [-0.2, 0) is 4.79 Å². The van der Waals surface area contributed by atoms with Crippen molar-refractivity contribution in [3.05, 3.63) is 0 Å². The third-order valence-corrected chi connectivity index (χ3v) is 3.56. The molecule has 1 aliphatic heterocycles. The smallest absolute Gasteiger partial charge is 0.216 e. The lowest BCUT2D eigenvalue weighted by molar-refractivity contribution is -0.119. The molecule has 0 radical (unpaired) electrons. The fraction of sp³-hybridized carbons (Fsp3) is 0.900. The van der Waals surface area contributed by atoms with Crippen molar-refractivity contribution in [3.63, 3.8) is 0 Å². The van der Waals surface area contributed by atoms with Gasteiger partial charge in [0.1, 0.15) is 0 Å². The molecule has 74 valence electrons. The van der Waals surface area contributed by atoms with Crippen molar-refractivity contribution in [2.45, 2.75) is 38.1 Å². The minimum absolute atomic E-state index is 0.0863. The first-order valence-electron chi connectivity index (χ1n) is 5.22. The summed E-state index contributed by atoms with van der Waals surface area (Å²) < 4.78 is 0. The van der Waals surface area contributed by atoms with Gasteiger partial charge in [-0.25, -0.2) is 0 Å². The molecule has 1 saturated carbocycles. The maximum absolute atomic E-state index is 10.6. The van der Waals surface area contributed by atoms with E-state index >= 15 is 0 Å². The van der Waals surface area contributed by atoms with Crippen LogP contribution in [-0.4, -0.2) is 36.0 Å². The Morgan fingerprint density at radius 3 is 2.62 bits per heavy atom. The van der Waals surface area contributed by atoms with Crippen LogP contribution >= 0.6 is 0 Å². The van der Waals surface area contributed by atoms with E-state index in [0.29, 0.717) is 5.54 Å². The number of likely N-dealkylation sites (tertiary alicyclic amines) is 1. The van der Waals surface area contributed by atoms with E-state index in [4.69, 9.17) is 0 Å². The van der Waals surface area contributed by atoms with E-state index in [1.54, 1.807) is 6.92 Å². The number of hydrogen-bond acceptors (Lipinski definition) is 2. The molecule has 2 fully saturated rings. The number of carbonyl (C=O) groups excluding carboxylic acids is 1. The zero-order valence-corrected chi connectivity index (χ0v) is 8.31. The van der Waals surface area contributed by atoms with Crippen molar-refractivity contribution in [2.24, 2.45) is 0 Å². The maximum atomic E-state index is 10.6. The molecule has 3 nitrogen and oxygen atoms in total. The highest BCUT2D eigenvalue weighted by Crippen LogP contribution is 2.46. The standard InChI is InChI=1S/C10H18N2O/c1-9(13)11-6-8-12-7-5-10(12)3-2-4-10/h2-8H2,1H3,(H,11,13). The molecule has 0 aromatic carbocycles. The average molecular weight is 182 g/mol. The summed E-state index contributed by atoms with van der Waals surface area (Å²) in [6, 6.07) is 0. The molecular weight excluding hydrogens is 164 g/mol. The Hall–Kier alpha value is -0.570. The van der Waals surface area contributed by atoms with E-state index in [0.717, 1.165) is 13.1 Å². The fourth-order valence-corrected chi connectivity index (χ4v) is 2.45. The summed E-state index contributed by atoms with van der Waals surface area (Å²) in [5.41, 5.74) is 0.582. The Morgan fingerprint density at radius 2 is 2.23 bits per heavy atom. The lowest BCUT2D eigenvalue weighted by Crippen LogP contribution is -2.64. The molecule has 1 amide bonds. The number of carbonyl (C=O) groups is 1. The minimum Gasteiger partial charge on any atom is -0.355 e. The number of nitrogens with one attached hydrogen (secondary N) is 1. The zero-order chi connectivity index (χ0) is 9.31. The van der Waals surface area contributed by atoms with Gasteiger partial charge in [-0.2, -0.15) is 0 Å². The van der Waals surface area contributed by atoms with Gasteiger partial charge >= 0.3 is 0 Å². The summed E-state index contributed by atoms with van der Waals surface area (Å²) in [7, 11) is 0. The first-order chi connectivity index (χ1) is 6.23. The zero-order valence-electron chi connectivity index (χ0n) is 8.31. The molecular formula is C10H18N2O. The molecule has 1 saturated heterocycles. The largest absolute Gasteiger partial charge is 0.355 e. The Morgan fingerprint density at radius 1 is 1.46 bits per heavy atom. The van der Waals surface area contributed by atoms with Crippen molar-refractivity contribution < 1.29 is 4.79 Å². The number of hydrogen-bond donors (Lipinski definition) is 1. The molecule has 0 bridgehead atoms. The van der Waals surface area contributed by atoms with Crippen molar-refractivity contribution in [2.75, 3.05) is 19.6 Å².